The van der Waals surface area contributed by atoms with Gasteiger partial charge in [0.25, 0.3) is 5.91 Å². The lowest BCUT2D eigenvalue weighted by Gasteiger charge is -2.29. The van der Waals surface area contributed by atoms with Gasteiger partial charge in [-0.3, -0.25) is 4.79 Å². The van der Waals surface area contributed by atoms with Crippen molar-refractivity contribution in [2.45, 2.75) is 26.1 Å². The van der Waals surface area contributed by atoms with Gasteiger partial charge in [-0.05, 0) is 55.3 Å². The molecule has 4 heterocycles. The first-order chi connectivity index (χ1) is 17.4. The van der Waals surface area contributed by atoms with Crippen molar-refractivity contribution in [2.75, 3.05) is 18.5 Å². The molecule has 2 aliphatic heterocycles. The van der Waals surface area contributed by atoms with Crippen molar-refractivity contribution in [3.63, 3.8) is 0 Å². The number of halogens is 1. The maximum absolute atomic E-state index is 13.2. The van der Waals surface area contributed by atoms with Crippen LogP contribution in [0.2, 0.25) is 0 Å². The van der Waals surface area contributed by atoms with Crippen LogP contribution in [0.25, 0.3) is 6.08 Å². The van der Waals surface area contributed by atoms with Gasteiger partial charge in [0.2, 0.25) is 0 Å². The molecule has 2 aliphatic rings. The van der Waals surface area contributed by atoms with Crippen LogP contribution in [0.15, 0.2) is 51.6 Å². The second-order valence-electron chi connectivity index (χ2n) is 8.08. The van der Waals surface area contributed by atoms with E-state index in [2.05, 4.69) is 26.6 Å². The summed E-state index contributed by atoms with van der Waals surface area (Å²) in [4.78, 5) is 40.4. The number of nitrogens with zero attached hydrogens (tertiary/aromatic N) is 1. The molecular weight excluding hydrogens is 550 g/mol. The molecule has 0 fully saturated rings. The summed E-state index contributed by atoms with van der Waals surface area (Å²) in [5.74, 6) is 0.0394. The summed E-state index contributed by atoms with van der Waals surface area (Å²) in [6.45, 7) is 2.97. The third kappa shape index (κ3) is 4.89. The van der Waals surface area contributed by atoms with Gasteiger partial charge in [-0.2, -0.15) is 0 Å². The maximum Gasteiger partial charge on any atom is 0.410 e. The first-order valence-corrected chi connectivity index (χ1v) is 12.9. The highest BCUT2D eigenvalue weighted by Gasteiger charge is 2.35. The summed E-state index contributed by atoms with van der Waals surface area (Å²) in [5, 5.41) is 7.07. The summed E-state index contributed by atoms with van der Waals surface area (Å²) < 4.78 is 16.7. The lowest BCUT2D eigenvalue weighted by atomic mass is 10.0. The van der Waals surface area contributed by atoms with Crippen LogP contribution in [0.3, 0.4) is 0 Å². The number of hydrogen-bond acceptors (Lipinski definition) is 8. The van der Waals surface area contributed by atoms with Gasteiger partial charge in [-0.1, -0.05) is 15.9 Å². The molecule has 1 unspecified atom stereocenters. The molecule has 9 nitrogen and oxygen atoms in total. The number of nitrogens with one attached hydrogen (secondary N) is 2. The molecule has 5 rings (SSSR count). The van der Waals surface area contributed by atoms with Crippen LogP contribution in [0.4, 0.5) is 9.80 Å². The van der Waals surface area contributed by atoms with Gasteiger partial charge in [0.1, 0.15) is 22.7 Å². The second-order valence-corrected chi connectivity index (χ2v) is 10.1. The number of hydrogen-bond donors (Lipinski definition) is 2. The Balaban J connectivity index is 1.37. The zero-order valence-corrected chi connectivity index (χ0v) is 21.6. The number of anilines is 1. The van der Waals surface area contributed by atoms with E-state index >= 15 is 0 Å². The van der Waals surface area contributed by atoms with Crippen molar-refractivity contribution in [3.8, 4) is 5.75 Å². The molecule has 2 amide bonds. The van der Waals surface area contributed by atoms with Crippen molar-refractivity contribution in [2.24, 2.45) is 0 Å². The average Bonchev–Trinajstić information content (AvgIpc) is 3.51. The van der Waals surface area contributed by atoms with E-state index in [9.17, 15) is 14.4 Å². The predicted octanol–water partition coefficient (Wildman–Crippen LogP) is 5.09. The number of amides is 2. The smallest absolute Gasteiger partial charge is 0.410 e. The predicted molar refractivity (Wildman–Crippen MR) is 137 cm³/mol. The first-order valence-electron chi connectivity index (χ1n) is 11.3. The first kappa shape index (κ1) is 24.1. The van der Waals surface area contributed by atoms with Gasteiger partial charge < -0.3 is 29.4 Å². The highest BCUT2D eigenvalue weighted by molar-refractivity contribution is 9.10. The lowest BCUT2D eigenvalue weighted by Crippen LogP contribution is -2.39. The highest BCUT2D eigenvalue weighted by atomic mass is 79.9. The lowest BCUT2D eigenvalue weighted by molar-refractivity contribution is -0.128. The van der Waals surface area contributed by atoms with E-state index in [-0.39, 0.29) is 12.0 Å². The molecule has 0 saturated heterocycles. The topological polar surface area (TPSA) is 110 Å². The summed E-state index contributed by atoms with van der Waals surface area (Å²) in [6.07, 6.45) is 3.90. The van der Waals surface area contributed by atoms with Crippen molar-refractivity contribution in [1.82, 2.24) is 10.2 Å². The number of ether oxygens (including phenoxy) is 2. The Kier molecular flexibility index (Phi) is 6.84. The summed E-state index contributed by atoms with van der Waals surface area (Å²) in [5.41, 5.74) is 2.13. The fourth-order valence-corrected chi connectivity index (χ4v) is 5.83. The molecule has 0 radical (unpaired) electrons. The summed E-state index contributed by atoms with van der Waals surface area (Å²) in [6, 6.07) is 8.66. The average molecular weight is 572 g/mol. The number of esters is 1. The molecule has 186 valence electrons. The number of furan rings is 1. The van der Waals surface area contributed by atoms with Gasteiger partial charge in [-0.15, -0.1) is 11.3 Å². The molecule has 0 spiro atoms. The zero-order valence-electron chi connectivity index (χ0n) is 19.2. The van der Waals surface area contributed by atoms with E-state index in [0.717, 1.165) is 19.9 Å². The normalized spacial score (nSPS) is 16.7. The Morgan fingerprint density at radius 3 is 2.94 bits per heavy atom. The van der Waals surface area contributed by atoms with Crippen LogP contribution < -0.4 is 15.4 Å². The van der Waals surface area contributed by atoms with Gasteiger partial charge in [0.05, 0.1) is 25.0 Å². The van der Waals surface area contributed by atoms with Gasteiger partial charge in [-0.25, -0.2) is 9.59 Å². The number of thiophene rings is 1. The summed E-state index contributed by atoms with van der Waals surface area (Å²) in [7, 11) is 0. The van der Waals surface area contributed by atoms with E-state index < -0.39 is 12.1 Å². The van der Waals surface area contributed by atoms with Crippen molar-refractivity contribution >= 4 is 56.3 Å². The SMILES string of the molecule is CCOC(=O)N1CCc2c(sc3c2C(=O)NC(c2cc(Br)ccc2OC(=O)C=Cc2ccco2)N3)C1. The number of fused-ring (bicyclic) bond motifs is 3. The van der Waals surface area contributed by atoms with E-state index in [1.54, 1.807) is 42.2 Å². The molecule has 0 bridgehead atoms. The van der Waals surface area contributed by atoms with Crippen molar-refractivity contribution < 1.29 is 28.3 Å². The second kappa shape index (κ2) is 10.2. The van der Waals surface area contributed by atoms with Crippen LogP contribution in [-0.4, -0.2) is 36.0 Å². The number of benzene rings is 1. The molecule has 2 N–H and O–H groups in total. The molecule has 1 aromatic carbocycles. The Hall–Kier alpha value is -3.57. The molecule has 36 heavy (non-hydrogen) atoms. The standard InChI is InChI=1S/C25H22BrN3O6S/c1-2-33-25(32)29-10-9-16-19(13-29)36-24-21(16)23(31)27-22(28-24)17-12-14(26)5-7-18(17)35-20(30)8-6-15-4-3-11-34-15/h3-8,11-12,22,28H,2,9-10,13H2,1H3,(H,27,31). The molecular formula is C25H22BrN3O6S. The van der Waals surface area contributed by atoms with Gasteiger partial charge >= 0.3 is 12.1 Å². The van der Waals surface area contributed by atoms with Gasteiger partial charge in [0, 0.05) is 27.5 Å². The summed E-state index contributed by atoms with van der Waals surface area (Å²) >= 11 is 4.91. The Labute approximate surface area is 219 Å². The Morgan fingerprint density at radius 2 is 2.17 bits per heavy atom. The minimum atomic E-state index is -0.624. The van der Waals surface area contributed by atoms with Crippen LogP contribution in [0.5, 0.6) is 5.75 Å². The number of carbonyl (C=O) groups excluding carboxylic acids is 3. The Morgan fingerprint density at radius 1 is 1.31 bits per heavy atom. The fraction of sp³-hybridized carbons (Fsp3) is 0.240. The van der Waals surface area contributed by atoms with Crippen LogP contribution >= 0.6 is 27.3 Å². The monoisotopic (exact) mass is 571 g/mol. The van der Waals surface area contributed by atoms with Crippen LogP contribution in [0.1, 0.15) is 45.2 Å². The highest BCUT2D eigenvalue weighted by Crippen LogP contribution is 2.42. The minimum absolute atomic E-state index is 0.217. The van der Waals surface area contributed by atoms with E-state index in [0.29, 0.717) is 48.8 Å². The quantitative estimate of drug-likeness (QED) is 0.249. The molecule has 0 saturated carbocycles. The fourth-order valence-electron chi connectivity index (χ4n) is 4.16. The van der Waals surface area contributed by atoms with Crippen LogP contribution in [0, 0.1) is 0 Å². The molecule has 11 heteroatoms. The van der Waals surface area contributed by atoms with E-state index in [1.807, 2.05) is 0 Å². The van der Waals surface area contributed by atoms with E-state index in [4.69, 9.17) is 13.9 Å². The van der Waals surface area contributed by atoms with E-state index in [1.165, 1.54) is 29.8 Å². The Bertz CT molecular complexity index is 1350. The molecule has 3 aromatic rings. The zero-order chi connectivity index (χ0) is 25.2. The third-order valence-electron chi connectivity index (χ3n) is 5.78. The largest absolute Gasteiger partial charge is 0.465 e. The number of carbonyl (C=O) groups is 3. The third-order valence-corrected chi connectivity index (χ3v) is 7.42. The van der Waals surface area contributed by atoms with Gasteiger partial charge in [0.15, 0.2) is 0 Å². The maximum atomic E-state index is 13.2. The number of rotatable bonds is 5. The van der Waals surface area contributed by atoms with Crippen molar-refractivity contribution in [3.05, 3.63) is 74.5 Å². The minimum Gasteiger partial charge on any atom is -0.465 e. The van der Waals surface area contributed by atoms with Crippen LogP contribution in [-0.2, 0) is 22.5 Å². The molecule has 1 atom stereocenters. The molecule has 2 aromatic heterocycles. The molecule has 0 aliphatic carbocycles. The van der Waals surface area contributed by atoms with Crippen molar-refractivity contribution in [1.29, 1.82) is 0 Å².